The van der Waals surface area contributed by atoms with Gasteiger partial charge in [-0.05, 0) is 36.4 Å². The Kier molecular flexibility index (Phi) is 4.63. The molecule has 0 saturated heterocycles. The second-order valence-electron chi connectivity index (χ2n) is 4.49. The van der Waals surface area contributed by atoms with Crippen molar-refractivity contribution in [3.05, 3.63) is 69.8 Å². The highest BCUT2D eigenvalue weighted by atomic mass is 16.6. The van der Waals surface area contributed by atoms with Gasteiger partial charge in [0.2, 0.25) is 0 Å². The number of rotatable bonds is 5. The van der Waals surface area contributed by atoms with Crippen LogP contribution in [0.2, 0.25) is 0 Å². The molecule has 6 heteroatoms. The van der Waals surface area contributed by atoms with Crippen molar-refractivity contribution in [3.8, 4) is 5.75 Å². The van der Waals surface area contributed by atoms with Crippen molar-refractivity contribution in [2.75, 3.05) is 0 Å². The zero-order chi connectivity index (χ0) is 16.1. The van der Waals surface area contributed by atoms with Crippen molar-refractivity contribution >= 4 is 17.4 Å². The Morgan fingerprint density at radius 1 is 1.00 bits per heavy atom. The second kappa shape index (κ2) is 6.62. The molecule has 0 bridgehead atoms. The number of Topliss-reactive ketones (excluding diaryl/α,β-unsaturated/α-hetero) is 1. The Labute approximate surface area is 126 Å². The van der Waals surface area contributed by atoms with Crippen LogP contribution in [0.4, 0.5) is 5.69 Å². The molecular weight excluding hydrogens is 286 g/mol. The van der Waals surface area contributed by atoms with E-state index in [1.165, 1.54) is 36.4 Å². The van der Waals surface area contributed by atoms with E-state index < -0.39 is 10.9 Å². The highest BCUT2D eigenvalue weighted by Gasteiger charge is 2.12. The number of ketones is 1. The predicted octanol–water partition coefficient (Wildman–Crippen LogP) is 3.41. The van der Waals surface area contributed by atoms with E-state index in [1.54, 1.807) is 19.1 Å². The Balaban J connectivity index is 2.08. The molecule has 0 radical (unpaired) electrons. The van der Waals surface area contributed by atoms with Crippen LogP contribution in [-0.4, -0.2) is 16.7 Å². The number of carbonyl (C=O) groups is 2. The summed E-state index contributed by atoms with van der Waals surface area (Å²) in [7, 11) is 0. The molecule has 112 valence electrons. The molecule has 2 rings (SSSR count). The molecule has 0 spiro atoms. The molecule has 0 unspecified atom stereocenters. The first-order valence-electron chi connectivity index (χ1n) is 6.61. The number of benzene rings is 2. The molecule has 22 heavy (non-hydrogen) atoms. The average molecular weight is 299 g/mol. The monoisotopic (exact) mass is 299 g/mol. The molecular formula is C16H13NO5. The number of carbonyl (C=O) groups excluding carboxylic acids is 2. The Morgan fingerprint density at radius 3 is 2.05 bits per heavy atom. The molecule has 0 aliphatic heterocycles. The van der Waals surface area contributed by atoms with Crippen molar-refractivity contribution in [1.29, 1.82) is 0 Å². The highest BCUT2D eigenvalue weighted by molar-refractivity contribution is 5.96. The van der Waals surface area contributed by atoms with Crippen molar-refractivity contribution < 1.29 is 19.2 Å². The molecule has 6 nitrogen and oxygen atoms in total. The molecule has 0 aliphatic carbocycles. The summed E-state index contributed by atoms with van der Waals surface area (Å²) < 4.78 is 5.15. The molecule has 0 saturated carbocycles. The SMILES string of the molecule is CCC(=O)c1ccc(OC(=O)c2ccc([N+](=O)[O-])cc2)cc1. The van der Waals surface area contributed by atoms with Crippen molar-refractivity contribution in [3.63, 3.8) is 0 Å². The Bertz CT molecular complexity index is 704. The van der Waals surface area contributed by atoms with Crippen molar-refractivity contribution in [1.82, 2.24) is 0 Å². The molecule has 0 N–H and O–H groups in total. The lowest BCUT2D eigenvalue weighted by Crippen LogP contribution is -2.08. The Morgan fingerprint density at radius 2 is 1.55 bits per heavy atom. The molecule has 0 heterocycles. The summed E-state index contributed by atoms with van der Waals surface area (Å²) >= 11 is 0. The lowest BCUT2D eigenvalue weighted by molar-refractivity contribution is -0.384. The number of nitrogens with zero attached hydrogens (tertiary/aromatic N) is 1. The lowest BCUT2D eigenvalue weighted by atomic mass is 10.1. The first-order chi connectivity index (χ1) is 10.5. The van der Waals surface area contributed by atoms with Gasteiger partial charge >= 0.3 is 5.97 Å². The number of non-ortho nitro benzene ring substituents is 1. The second-order valence-corrected chi connectivity index (χ2v) is 4.49. The maximum atomic E-state index is 11.9. The van der Waals surface area contributed by atoms with Gasteiger partial charge in [-0.3, -0.25) is 14.9 Å². The predicted molar refractivity (Wildman–Crippen MR) is 79.1 cm³/mol. The number of nitro benzene ring substituents is 1. The number of hydrogen-bond acceptors (Lipinski definition) is 5. The lowest BCUT2D eigenvalue weighted by Gasteiger charge is -2.05. The first kappa shape index (κ1) is 15.4. The first-order valence-corrected chi connectivity index (χ1v) is 6.61. The van der Waals surface area contributed by atoms with Gasteiger partial charge in [0.15, 0.2) is 5.78 Å². The van der Waals surface area contributed by atoms with Gasteiger partial charge in [-0.1, -0.05) is 6.92 Å². The van der Waals surface area contributed by atoms with E-state index in [-0.39, 0.29) is 17.0 Å². The van der Waals surface area contributed by atoms with E-state index in [1.807, 2.05) is 0 Å². The fraction of sp³-hybridized carbons (Fsp3) is 0.125. The van der Waals surface area contributed by atoms with Crippen LogP contribution in [0.1, 0.15) is 34.1 Å². The number of ether oxygens (including phenoxy) is 1. The summed E-state index contributed by atoms with van der Waals surface area (Å²) in [6, 6.07) is 11.4. The van der Waals surface area contributed by atoms with Crippen molar-refractivity contribution in [2.24, 2.45) is 0 Å². The maximum Gasteiger partial charge on any atom is 0.343 e. The fourth-order valence-corrected chi connectivity index (χ4v) is 1.80. The molecule has 0 fully saturated rings. The van der Waals surface area contributed by atoms with Gasteiger partial charge in [0.25, 0.3) is 5.69 Å². The van der Waals surface area contributed by atoms with E-state index in [0.29, 0.717) is 17.7 Å². The van der Waals surface area contributed by atoms with Crippen LogP contribution in [0.5, 0.6) is 5.75 Å². The molecule has 0 amide bonds. The third-order valence-electron chi connectivity index (χ3n) is 3.02. The van der Waals surface area contributed by atoms with Gasteiger partial charge in [0.1, 0.15) is 5.75 Å². The van der Waals surface area contributed by atoms with Gasteiger partial charge in [-0.2, -0.15) is 0 Å². The summed E-state index contributed by atoms with van der Waals surface area (Å²) in [5.41, 5.74) is 0.663. The molecule has 0 atom stereocenters. The van der Waals surface area contributed by atoms with Crippen LogP contribution in [0.15, 0.2) is 48.5 Å². The van der Waals surface area contributed by atoms with E-state index in [9.17, 15) is 19.7 Å². The van der Waals surface area contributed by atoms with Crippen LogP contribution < -0.4 is 4.74 Å². The molecule has 2 aromatic rings. The van der Waals surface area contributed by atoms with Gasteiger partial charge < -0.3 is 4.74 Å². The molecule has 0 aliphatic rings. The fourth-order valence-electron chi connectivity index (χ4n) is 1.80. The third kappa shape index (κ3) is 3.54. The van der Waals surface area contributed by atoms with E-state index in [0.717, 1.165) is 0 Å². The normalized spacial score (nSPS) is 10.0. The van der Waals surface area contributed by atoms with E-state index >= 15 is 0 Å². The molecule has 2 aromatic carbocycles. The van der Waals surface area contributed by atoms with Gasteiger partial charge in [0.05, 0.1) is 10.5 Å². The summed E-state index contributed by atoms with van der Waals surface area (Å²) in [5, 5.41) is 10.5. The van der Waals surface area contributed by atoms with Crippen LogP contribution >= 0.6 is 0 Å². The highest BCUT2D eigenvalue weighted by Crippen LogP contribution is 2.17. The van der Waals surface area contributed by atoms with Gasteiger partial charge in [-0.15, -0.1) is 0 Å². The summed E-state index contributed by atoms with van der Waals surface area (Å²) in [5.74, 6) is -0.311. The van der Waals surface area contributed by atoms with Gasteiger partial charge in [0, 0.05) is 24.1 Å². The summed E-state index contributed by atoms with van der Waals surface area (Å²) in [6.45, 7) is 1.77. The standard InChI is InChI=1S/C16H13NO5/c1-2-15(18)11-5-9-14(10-6-11)22-16(19)12-3-7-13(8-4-12)17(20)21/h3-10H,2H2,1H3. The average Bonchev–Trinajstić information content (AvgIpc) is 2.54. The van der Waals surface area contributed by atoms with E-state index in [2.05, 4.69) is 0 Å². The minimum Gasteiger partial charge on any atom is -0.423 e. The number of nitro groups is 1. The van der Waals surface area contributed by atoms with Crippen LogP contribution in [0, 0.1) is 10.1 Å². The number of hydrogen-bond donors (Lipinski definition) is 0. The van der Waals surface area contributed by atoms with E-state index in [4.69, 9.17) is 4.74 Å². The Hall–Kier alpha value is -3.02. The smallest absolute Gasteiger partial charge is 0.343 e. The maximum absolute atomic E-state index is 11.9. The third-order valence-corrected chi connectivity index (χ3v) is 3.02. The quantitative estimate of drug-likeness (QED) is 0.277. The topological polar surface area (TPSA) is 86.5 Å². The van der Waals surface area contributed by atoms with Crippen LogP contribution in [0.25, 0.3) is 0 Å². The zero-order valence-corrected chi connectivity index (χ0v) is 11.8. The largest absolute Gasteiger partial charge is 0.423 e. The summed E-state index contributed by atoms with van der Waals surface area (Å²) in [6.07, 6.45) is 0.405. The minimum atomic E-state index is -0.621. The van der Waals surface area contributed by atoms with Crippen molar-refractivity contribution in [2.45, 2.75) is 13.3 Å². The summed E-state index contributed by atoms with van der Waals surface area (Å²) in [4.78, 5) is 33.4. The molecule has 0 aromatic heterocycles. The van der Waals surface area contributed by atoms with Crippen LogP contribution in [-0.2, 0) is 0 Å². The van der Waals surface area contributed by atoms with Gasteiger partial charge in [-0.25, -0.2) is 4.79 Å². The minimum absolute atomic E-state index is 0.00763. The number of esters is 1. The van der Waals surface area contributed by atoms with Crippen LogP contribution in [0.3, 0.4) is 0 Å². The zero-order valence-electron chi connectivity index (χ0n) is 11.8.